The molecule has 114 valence electrons. The van der Waals surface area contributed by atoms with Gasteiger partial charge in [0.15, 0.2) is 0 Å². The SMILES string of the molecule is CCC(NC)c1nnc(C2CCCC(C(F)(F)F)C2)o1. The van der Waals surface area contributed by atoms with E-state index in [0.717, 1.165) is 6.42 Å². The summed E-state index contributed by atoms with van der Waals surface area (Å²) in [5.74, 6) is -0.712. The Hall–Kier alpha value is -1.11. The molecule has 0 bridgehead atoms. The third-order valence-electron chi connectivity index (χ3n) is 4.00. The summed E-state index contributed by atoms with van der Waals surface area (Å²) in [4.78, 5) is 0. The van der Waals surface area contributed by atoms with Crippen molar-refractivity contribution in [3.8, 4) is 0 Å². The number of aromatic nitrogens is 2. The van der Waals surface area contributed by atoms with Gasteiger partial charge in [-0.2, -0.15) is 13.2 Å². The fourth-order valence-electron chi connectivity index (χ4n) is 2.77. The molecule has 1 N–H and O–H groups in total. The summed E-state index contributed by atoms with van der Waals surface area (Å²) in [6.07, 6.45) is -1.84. The molecule has 1 fully saturated rings. The number of hydrogen-bond acceptors (Lipinski definition) is 4. The Kier molecular flexibility index (Phi) is 4.67. The first-order valence-electron chi connectivity index (χ1n) is 7.03. The minimum Gasteiger partial charge on any atom is -0.423 e. The Bertz CT molecular complexity index is 429. The highest BCUT2D eigenvalue weighted by molar-refractivity contribution is 4.98. The monoisotopic (exact) mass is 291 g/mol. The van der Waals surface area contributed by atoms with E-state index in [2.05, 4.69) is 15.5 Å². The van der Waals surface area contributed by atoms with Crippen molar-refractivity contribution in [2.75, 3.05) is 7.05 Å². The zero-order valence-corrected chi connectivity index (χ0v) is 11.7. The van der Waals surface area contributed by atoms with Gasteiger partial charge in [-0.1, -0.05) is 13.3 Å². The minimum absolute atomic E-state index is 0.0433. The normalized spacial score (nSPS) is 25.6. The molecule has 0 radical (unpaired) electrons. The van der Waals surface area contributed by atoms with E-state index in [1.165, 1.54) is 0 Å². The summed E-state index contributed by atoms with van der Waals surface area (Å²) in [7, 11) is 1.79. The third-order valence-corrected chi connectivity index (χ3v) is 4.00. The van der Waals surface area contributed by atoms with Gasteiger partial charge in [-0.25, -0.2) is 0 Å². The van der Waals surface area contributed by atoms with Gasteiger partial charge < -0.3 is 9.73 Å². The smallest absolute Gasteiger partial charge is 0.391 e. The van der Waals surface area contributed by atoms with Crippen LogP contribution in [0, 0.1) is 5.92 Å². The van der Waals surface area contributed by atoms with Crippen LogP contribution in [0.25, 0.3) is 0 Å². The molecule has 1 aliphatic carbocycles. The lowest BCUT2D eigenvalue weighted by Crippen LogP contribution is -2.28. The first kappa shape index (κ1) is 15.3. The second-order valence-electron chi connectivity index (χ2n) is 5.33. The largest absolute Gasteiger partial charge is 0.423 e. The van der Waals surface area contributed by atoms with Gasteiger partial charge in [0.2, 0.25) is 11.8 Å². The van der Waals surface area contributed by atoms with Crippen LogP contribution < -0.4 is 5.32 Å². The summed E-state index contributed by atoms with van der Waals surface area (Å²) < 4.78 is 44.0. The van der Waals surface area contributed by atoms with E-state index in [9.17, 15) is 13.2 Å². The average molecular weight is 291 g/mol. The molecule has 0 aromatic carbocycles. The molecule has 0 amide bonds. The Labute approximate surface area is 116 Å². The number of alkyl halides is 3. The third kappa shape index (κ3) is 3.31. The maximum Gasteiger partial charge on any atom is 0.391 e. The van der Waals surface area contributed by atoms with Crippen LogP contribution in [-0.2, 0) is 0 Å². The summed E-state index contributed by atoms with van der Waals surface area (Å²) in [5.41, 5.74) is 0. The van der Waals surface area contributed by atoms with Crippen molar-refractivity contribution in [1.82, 2.24) is 15.5 Å². The standard InChI is InChI=1S/C13H20F3N3O/c1-3-10(17-2)12-19-18-11(20-12)8-5-4-6-9(7-8)13(14,15)16/h8-10,17H,3-7H2,1-2H3. The lowest BCUT2D eigenvalue weighted by atomic mass is 9.81. The number of nitrogens with one attached hydrogen (secondary N) is 1. The predicted octanol–water partition coefficient (Wildman–Crippen LogP) is 3.58. The van der Waals surface area contributed by atoms with Gasteiger partial charge in [0, 0.05) is 5.92 Å². The second kappa shape index (κ2) is 6.11. The molecule has 20 heavy (non-hydrogen) atoms. The molecular formula is C13H20F3N3O. The fourth-order valence-corrected chi connectivity index (χ4v) is 2.77. The van der Waals surface area contributed by atoms with Crippen molar-refractivity contribution in [3.63, 3.8) is 0 Å². The lowest BCUT2D eigenvalue weighted by Gasteiger charge is -2.28. The van der Waals surface area contributed by atoms with E-state index < -0.39 is 12.1 Å². The maximum absolute atomic E-state index is 12.8. The maximum atomic E-state index is 12.8. The van der Waals surface area contributed by atoms with Crippen LogP contribution in [0.1, 0.15) is 62.8 Å². The van der Waals surface area contributed by atoms with Gasteiger partial charge in [-0.15, -0.1) is 10.2 Å². The molecular weight excluding hydrogens is 271 g/mol. The van der Waals surface area contributed by atoms with E-state index in [1.54, 1.807) is 7.05 Å². The molecule has 7 heteroatoms. The molecule has 0 saturated heterocycles. The minimum atomic E-state index is -4.13. The molecule has 1 saturated carbocycles. The first-order valence-corrected chi connectivity index (χ1v) is 7.03. The highest BCUT2D eigenvalue weighted by atomic mass is 19.4. The molecule has 1 aliphatic rings. The quantitative estimate of drug-likeness (QED) is 0.921. The fraction of sp³-hybridized carbons (Fsp3) is 0.846. The zero-order chi connectivity index (χ0) is 14.8. The Morgan fingerprint density at radius 3 is 2.70 bits per heavy atom. The molecule has 3 atom stereocenters. The Morgan fingerprint density at radius 2 is 2.10 bits per heavy atom. The van der Waals surface area contributed by atoms with Crippen molar-refractivity contribution in [2.24, 2.45) is 5.92 Å². The van der Waals surface area contributed by atoms with Crippen LogP contribution in [-0.4, -0.2) is 23.4 Å². The van der Waals surface area contributed by atoms with Gasteiger partial charge in [-0.3, -0.25) is 0 Å². The van der Waals surface area contributed by atoms with Crippen LogP contribution in [0.5, 0.6) is 0 Å². The summed E-state index contributed by atoms with van der Waals surface area (Å²) in [5, 5.41) is 11.0. The van der Waals surface area contributed by atoms with Crippen LogP contribution in [0.15, 0.2) is 4.42 Å². The molecule has 1 aromatic rings. The van der Waals surface area contributed by atoms with E-state index >= 15 is 0 Å². The topological polar surface area (TPSA) is 51.0 Å². The first-order chi connectivity index (χ1) is 9.45. The molecule has 0 spiro atoms. The van der Waals surface area contributed by atoms with E-state index in [0.29, 0.717) is 24.6 Å². The lowest BCUT2D eigenvalue weighted by molar-refractivity contribution is -0.183. The van der Waals surface area contributed by atoms with Crippen LogP contribution >= 0.6 is 0 Å². The van der Waals surface area contributed by atoms with Crippen molar-refractivity contribution < 1.29 is 17.6 Å². The van der Waals surface area contributed by atoms with Crippen LogP contribution in [0.4, 0.5) is 13.2 Å². The van der Waals surface area contributed by atoms with Crippen molar-refractivity contribution in [3.05, 3.63) is 11.8 Å². The van der Waals surface area contributed by atoms with E-state index in [4.69, 9.17) is 4.42 Å². The van der Waals surface area contributed by atoms with Crippen molar-refractivity contribution in [2.45, 2.75) is 57.2 Å². The number of hydrogen-bond donors (Lipinski definition) is 1. The van der Waals surface area contributed by atoms with E-state index in [1.807, 2.05) is 6.92 Å². The summed E-state index contributed by atoms with van der Waals surface area (Å²) in [6.45, 7) is 1.98. The Balaban J connectivity index is 2.08. The Morgan fingerprint density at radius 1 is 1.35 bits per heavy atom. The number of halogens is 3. The van der Waals surface area contributed by atoms with Gasteiger partial charge in [0.05, 0.1) is 12.0 Å². The molecule has 1 heterocycles. The van der Waals surface area contributed by atoms with Crippen LogP contribution in [0.2, 0.25) is 0 Å². The molecule has 0 aliphatic heterocycles. The predicted molar refractivity (Wildman–Crippen MR) is 67.1 cm³/mol. The van der Waals surface area contributed by atoms with Crippen molar-refractivity contribution >= 4 is 0 Å². The number of rotatable bonds is 4. The van der Waals surface area contributed by atoms with Gasteiger partial charge >= 0.3 is 6.18 Å². The van der Waals surface area contributed by atoms with Crippen molar-refractivity contribution in [1.29, 1.82) is 0 Å². The number of nitrogens with zero attached hydrogens (tertiary/aromatic N) is 2. The second-order valence-corrected chi connectivity index (χ2v) is 5.33. The van der Waals surface area contributed by atoms with Gasteiger partial charge in [0.1, 0.15) is 0 Å². The zero-order valence-electron chi connectivity index (χ0n) is 11.7. The molecule has 2 rings (SSSR count). The summed E-state index contributed by atoms with van der Waals surface area (Å²) in [6, 6.07) is -0.0433. The van der Waals surface area contributed by atoms with Crippen LogP contribution in [0.3, 0.4) is 0 Å². The average Bonchev–Trinajstić information content (AvgIpc) is 2.89. The van der Waals surface area contributed by atoms with Gasteiger partial charge in [-0.05, 0) is 32.7 Å². The highest BCUT2D eigenvalue weighted by Crippen LogP contribution is 2.43. The van der Waals surface area contributed by atoms with E-state index in [-0.39, 0.29) is 24.8 Å². The molecule has 1 aromatic heterocycles. The summed E-state index contributed by atoms with van der Waals surface area (Å²) >= 11 is 0. The molecule has 4 nitrogen and oxygen atoms in total. The van der Waals surface area contributed by atoms with Gasteiger partial charge in [0.25, 0.3) is 0 Å². The molecule has 3 unspecified atom stereocenters. The highest BCUT2D eigenvalue weighted by Gasteiger charge is 2.43.